The lowest BCUT2D eigenvalue weighted by molar-refractivity contribution is 0.323. The highest BCUT2D eigenvalue weighted by molar-refractivity contribution is 7.14. The van der Waals surface area contributed by atoms with Gasteiger partial charge in [0.25, 0.3) is 0 Å². The number of aromatic nitrogens is 1. The Labute approximate surface area is 168 Å². The summed E-state index contributed by atoms with van der Waals surface area (Å²) in [6, 6.07) is 13.5. The van der Waals surface area contributed by atoms with Crippen LogP contribution in [0.3, 0.4) is 0 Å². The van der Waals surface area contributed by atoms with Gasteiger partial charge < -0.3 is 14.2 Å². The Balaban J connectivity index is 1.72. The highest BCUT2D eigenvalue weighted by Crippen LogP contribution is 2.32. The predicted molar refractivity (Wildman–Crippen MR) is 114 cm³/mol. The smallest absolute Gasteiger partial charge is 0.203 e. The number of para-hydroxylation sites is 1. The number of rotatable bonds is 9. The lowest BCUT2D eigenvalue weighted by Gasteiger charge is -2.09. The van der Waals surface area contributed by atoms with Crippen molar-refractivity contribution in [2.75, 3.05) is 25.7 Å². The topological polar surface area (TPSA) is 65.0 Å². The number of nitrogens with zero attached hydrogens (tertiary/aromatic N) is 2. The molecule has 0 aliphatic carbocycles. The SMILES string of the molecule is CCOc1ccc(/C=N\Nc2nc(-c3ccccc3OC)cs2)c(OCC)c1. The van der Waals surface area contributed by atoms with E-state index in [1.54, 1.807) is 13.3 Å². The first-order valence-electron chi connectivity index (χ1n) is 9.02. The first kappa shape index (κ1) is 19.7. The van der Waals surface area contributed by atoms with Gasteiger partial charge in [0.15, 0.2) is 0 Å². The Hall–Kier alpha value is -3.06. The molecule has 1 heterocycles. The van der Waals surface area contributed by atoms with E-state index in [0.29, 0.717) is 18.3 Å². The highest BCUT2D eigenvalue weighted by Gasteiger charge is 2.09. The van der Waals surface area contributed by atoms with E-state index in [4.69, 9.17) is 14.2 Å². The summed E-state index contributed by atoms with van der Waals surface area (Å²) >= 11 is 1.48. The van der Waals surface area contributed by atoms with E-state index in [9.17, 15) is 0 Å². The van der Waals surface area contributed by atoms with E-state index in [2.05, 4.69) is 15.5 Å². The van der Waals surface area contributed by atoms with Crippen molar-refractivity contribution >= 4 is 22.7 Å². The van der Waals surface area contributed by atoms with Gasteiger partial charge >= 0.3 is 0 Å². The normalized spacial score (nSPS) is 10.8. The molecule has 0 bridgehead atoms. The molecule has 0 radical (unpaired) electrons. The summed E-state index contributed by atoms with van der Waals surface area (Å²) in [6.07, 6.45) is 1.71. The Morgan fingerprint density at radius 3 is 2.68 bits per heavy atom. The van der Waals surface area contributed by atoms with Gasteiger partial charge in [-0.2, -0.15) is 5.10 Å². The van der Waals surface area contributed by atoms with Gasteiger partial charge in [-0.25, -0.2) is 4.98 Å². The number of anilines is 1. The molecule has 0 fully saturated rings. The number of hydrogen-bond acceptors (Lipinski definition) is 7. The summed E-state index contributed by atoms with van der Waals surface area (Å²) in [5, 5.41) is 6.97. The van der Waals surface area contributed by atoms with E-state index in [0.717, 1.165) is 34.1 Å². The first-order valence-corrected chi connectivity index (χ1v) is 9.90. The molecule has 146 valence electrons. The van der Waals surface area contributed by atoms with Crippen LogP contribution in [-0.2, 0) is 0 Å². The number of hydrazone groups is 1. The van der Waals surface area contributed by atoms with E-state index >= 15 is 0 Å². The molecule has 0 spiro atoms. The maximum absolute atomic E-state index is 5.69. The zero-order chi connectivity index (χ0) is 19.8. The molecule has 0 saturated heterocycles. The second-order valence-electron chi connectivity index (χ2n) is 5.67. The molecular formula is C21H23N3O3S. The van der Waals surface area contributed by atoms with Crippen LogP contribution in [0.25, 0.3) is 11.3 Å². The number of methoxy groups -OCH3 is 1. The van der Waals surface area contributed by atoms with Crippen molar-refractivity contribution < 1.29 is 14.2 Å². The molecule has 0 unspecified atom stereocenters. The maximum atomic E-state index is 5.69. The molecule has 0 amide bonds. The number of thiazole rings is 1. The Morgan fingerprint density at radius 2 is 1.89 bits per heavy atom. The van der Waals surface area contributed by atoms with Crippen molar-refractivity contribution in [1.82, 2.24) is 4.98 Å². The van der Waals surface area contributed by atoms with Gasteiger partial charge in [-0.3, -0.25) is 5.43 Å². The fourth-order valence-corrected chi connectivity index (χ4v) is 3.28. The molecule has 1 aromatic heterocycles. The molecule has 3 rings (SSSR count). The fourth-order valence-electron chi connectivity index (χ4n) is 2.62. The van der Waals surface area contributed by atoms with Crippen LogP contribution < -0.4 is 19.6 Å². The fraction of sp³-hybridized carbons (Fsp3) is 0.238. The predicted octanol–water partition coefficient (Wildman–Crippen LogP) is 5.06. The average molecular weight is 398 g/mol. The molecule has 0 saturated carbocycles. The van der Waals surface area contributed by atoms with Crippen LogP contribution in [0.5, 0.6) is 17.2 Å². The van der Waals surface area contributed by atoms with Crippen molar-refractivity contribution in [3.63, 3.8) is 0 Å². The zero-order valence-corrected chi connectivity index (χ0v) is 17.0. The van der Waals surface area contributed by atoms with Crippen LogP contribution in [-0.4, -0.2) is 31.5 Å². The zero-order valence-electron chi connectivity index (χ0n) is 16.1. The molecule has 6 nitrogen and oxygen atoms in total. The monoisotopic (exact) mass is 397 g/mol. The van der Waals surface area contributed by atoms with E-state index in [1.807, 2.05) is 61.7 Å². The summed E-state index contributed by atoms with van der Waals surface area (Å²) in [7, 11) is 1.65. The molecule has 0 aliphatic heterocycles. The Morgan fingerprint density at radius 1 is 1.07 bits per heavy atom. The highest BCUT2D eigenvalue weighted by atomic mass is 32.1. The third-order valence-electron chi connectivity index (χ3n) is 3.85. The van der Waals surface area contributed by atoms with Gasteiger partial charge in [-0.1, -0.05) is 12.1 Å². The Kier molecular flexibility index (Phi) is 6.86. The summed E-state index contributed by atoms with van der Waals surface area (Å²) in [5.41, 5.74) is 5.63. The summed E-state index contributed by atoms with van der Waals surface area (Å²) in [5.74, 6) is 2.30. The number of ether oxygens (including phenoxy) is 3. The summed E-state index contributed by atoms with van der Waals surface area (Å²) in [4.78, 5) is 4.58. The van der Waals surface area contributed by atoms with Gasteiger partial charge in [0.2, 0.25) is 5.13 Å². The summed E-state index contributed by atoms with van der Waals surface area (Å²) in [6.45, 7) is 5.08. The van der Waals surface area contributed by atoms with Crippen molar-refractivity contribution in [1.29, 1.82) is 0 Å². The molecule has 3 aromatic rings. The molecule has 2 aromatic carbocycles. The minimum Gasteiger partial charge on any atom is -0.496 e. The lowest BCUT2D eigenvalue weighted by Crippen LogP contribution is -1.99. The van der Waals surface area contributed by atoms with Crippen LogP contribution in [0.2, 0.25) is 0 Å². The van der Waals surface area contributed by atoms with Gasteiger partial charge in [0.1, 0.15) is 17.2 Å². The van der Waals surface area contributed by atoms with Crippen molar-refractivity contribution in [2.45, 2.75) is 13.8 Å². The molecule has 1 N–H and O–H groups in total. The van der Waals surface area contributed by atoms with Crippen LogP contribution in [0.15, 0.2) is 52.9 Å². The van der Waals surface area contributed by atoms with Crippen LogP contribution >= 0.6 is 11.3 Å². The van der Waals surface area contributed by atoms with Crippen LogP contribution in [0.1, 0.15) is 19.4 Å². The number of nitrogens with one attached hydrogen (secondary N) is 1. The molecule has 0 aliphatic rings. The molecule has 28 heavy (non-hydrogen) atoms. The maximum Gasteiger partial charge on any atom is 0.203 e. The van der Waals surface area contributed by atoms with Gasteiger partial charge in [0, 0.05) is 22.6 Å². The van der Waals surface area contributed by atoms with Crippen molar-refractivity contribution in [2.24, 2.45) is 5.10 Å². The largest absolute Gasteiger partial charge is 0.496 e. The molecule has 7 heteroatoms. The van der Waals surface area contributed by atoms with Crippen LogP contribution in [0.4, 0.5) is 5.13 Å². The standard InChI is InChI=1S/C21H23N3O3S/c1-4-26-16-11-10-15(20(12-16)27-5-2)13-22-24-21-23-18(14-28-21)17-8-6-7-9-19(17)25-3/h6-14H,4-5H2,1-3H3,(H,23,24)/b22-13-. The van der Waals surface area contributed by atoms with E-state index in [-0.39, 0.29) is 0 Å². The minimum atomic E-state index is 0.568. The second-order valence-corrected chi connectivity index (χ2v) is 6.53. The first-order chi connectivity index (χ1) is 13.7. The van der Waals surface area contributed by atoms with Gasteiger partial charge in [0.05, 0.1) is 32.2 Å². The number of hydrogen-bond donors (Lipinski definition) is 1. The summed E-state index contributed by atoms with van der Waals surface area (Å²) < 4.78 is 16.6. The van der Waals surface area contributed by atoms with Crippen molar-refractivity contribution in [3.8, 4) is 28.5 Å². The number of benzene rings is 2. The average Bonchev–Trinajstić information content (AvgIpc) is 3.19. The molecular weight excluding hydrogens is 374 g/mol. The van der Waals surface area contributed by atoms with Crippen molar-refractivity contribution in [3.05, 3.63) is 53.4 Å². The Bertz CT molecular complexity index is 940. The van der Waals surface area contributed by atoms with E-state index in [1.165, 1.54) is 11.3 Å². The second kappa shape index (κ2) is 9.75. The van der Waals surface area contributed by atoms with Gasteiger partial charge in [-0.15, -0.1) is 11.3 Å². The minimum absolute atomic E-state index is 0.568. The third kappa shape index (κ3) is 4.80. The van der Waals surface area contributed by atoms with Crippen LogP contribution in [0, 0.1) is 0 Å². The third-order valence-corrected chi connectivity index (χ3v) is 4.59. The quantitative estimate of drug-likeness (QED) is 0.404. The van der Waals surface area contributed by atoms with Gasteiger partial charge in [-0.05, 0) is 38.1 Å². The molecule has 0 atom stereocenters. The van der Waals surface area contributed by atoms with E-state index < -0.39 is 0 Å². The lowest BCUT2D eigenvalue weighted by atomic mass is 10.1.